The molecule has 0 spiro atoms. The number of aryl methyl sites for hydroxylation is 1. The normalized spacial score (nSPS) is 11.3. The van der Waals surface area contributed by atoms with E-state index in [9.17, 15) is 17.9 Å². The smallest absolute Gasteiger partial charge is 0.262 e. The van der Waals surface area contributed by atoms with Gasteiger partial charge in [-0.3, -0.25) is 4.72 Å². The monoisotopic (exact) mass is 296 g/mol. The molecular weight excluding hydrogens is 283 g/mol. The number of benzene rings is 2. The topological polar surface area (TPSA) is 92.4 Å². The van der Waals surface area contributed by atoms with Crippen LogP contribution >= 0.6 is 0 Å². The highest BCUT2D eigenvalue weighted by Gasteiger charge is 2.18. The van der Waals surface area contributed by atoms with Crippen molar-refractivity contribution in [3.8, 4) is 5.75 Å². The zero-order valence-corrected chi connectivity index (χ0v) is 11.4. The molecule has 0 atom stereocenters. The van der Waals surface area contributed by atoms with E-state index in [1.165, 1.54) is 30.3 Å². The molecule has 0 saturated carbocycles. The summed E-state index contributed by atoms with van der Waals surface area (Å²) < 4.78 is 39.9. The number of aromatic hydroxyl groups is 1. The fraction of sp³-hybridized carbons (Fsp3) is 0.0769. The Morgan fingerprint density at radius 3 is 2.55 bits per heavy atom. The van der Waals surface area contributed by atoms with E-state index in [1.807, 2.05) is 0 Å². The predicted molar refractivity (Wildman–Crippen MR) is 74.5 cm³/mol. The number of halogens is 1. The summed E-state index contributed by atoms with van der Waals surface area (Å²) in [5, 5.41) is 9.23. The van der Waals surface area contributed by atoms with Gasteiger partial charge in [0, 0.05) is 6.07 Å². The maximum absolute atomic E-state index is 13.2. The second-order valence-corrected chi connectivity index (χ2v) is 5.94. The lowest BCUT2D eigenvalue weighted by atomic mass is 10.2. The predicted octanol–water partition coefficient (Wildman–Crippen LogP) is 2.22. The number of nitrogens with one attached hydrogen (secondary N) is 1. The number of anilines is 2. The van der Waals surface area contributed by atoms with Crippen molar-refractivity contribution in [3.05, 3.63) is 47.8 Å². The average Bonchev–Trinajstić information content (AvgIpc) is 2.35. The molecule has 0 aliphatic carbocycles. The molecule has 0 unspecified atom stereocenters. The number of hydrogen-bond acceptors (Lipinski definition) is 4. The molecule has 0 aromatic heterocycles. The number of hydrogen-bond donors (Lipinski definition) is 3. The van der Waals surface area contributed by atoms with Crippen LogP contribution in [0.15, 0.2) is 41.3 Å². The van der Waals surface area contributed by atoms with Gasteiger partial charge < -0.3 is 10.8 Å². The molecule has 5 nitrogen and oxygen atoms in total. The molecule has 0 radical (unpaired) electrons. The highest BCUT2D eigenvalue weighted by atomic mass is 32.2. The van der Waals surface area contributed by atoms with Gasteiger partial charge in [-0.2, -0.15) is 0 Å². The number of phenols is 1. The van der Waals surface area contributed by atoms with Crippen LogP contribution in [0, 0.1) is 12.7 Å². The molecule has 0 saturated heterocycles. The van der Waals surface area contributed by atoms with Gasteiger partial charge in [0.2, 0.25) is 0 Å². The third-order valence-electron chi connectivity index (χ3n) is 2.72. The number of sulfonamides is 1. The van der Waals surface area contributed by atoms with Crippen LogP contribution < -0.4 is 10.5 Å². The quantitative estimate of drug-likeness (QED) is 0.598. The van der Waals surface area contributed by atoms with Crippen LogP contribution in [0.5, 0.6) is 5.75 Å². The molecule has 2 aromatic rings. The number of phenolic OH excluding ortho intramolecular Hbond substituents is 1. The second-order valence-electron chi connectivity index (χ2n) is 4.29. The molecular formula is C13H13FN2O3S. The van der Waals surface area contributed by atoms with Gasteiger partial charge in [-0.1, -0.05) is 6.07 Å². The van der Waals surface area contributed by atoms with E-state index in [-0.39, 0.29) is 22.0 Å². The van der Waals surface area contributed by atoms with Crippen molar-refractivity contribution in [1.82, 2.24) is 0 Å². The Bertz CT molecular complexity index is 760. The van der Waals surface area contributed by atoms with Gasteiger partial charge in [-0.05, 0) is 36.8 Å². The maximum Gasteiger partial charge on any atom is 0.262 e. The summed E-state index contributed by atoms with van der Waals surface area (Å²) in [5.41, 5.74) is 6.22. The van der Waals surface area contributed by atoms with Crippen LogP contribution in [0.2, 0.25) is 0 Å². The Balaban J connectivity index is 2.43. The minimum Gasteiger partial charge on any atom is -0.508 e. The van der Waals surface area contributed by atoms with Gasteiger partial charge in [0.25, 0.3) is 10.0 Å². The zero-order valence-electron chi connectivity index (χ0n) is 10.6. The van der Waals surface area contributed by atoms with E-state index < -0.39 is 15.8 Å². The van der Waals surface area contributed by atoms with Crippen LogP contribution in [0.4, 0.5) is 15.8 Å². The molecule has 0 aliphatic heterocycles. The lowest BCUT2D eigenvalue weighted by Gasteiger charge is -2.12. The molecule has 2 rings (SSSR count). The zero-order chi connectivity index (χ0) is 14.9. The fourth-order valence-corrected chi connectivity index (χ4v) is 3.05. The molecule has 0 fully saturated rings. The van der Waals surface area contributed by atoms with E-state index in [0.717, 1.165) is 6.07 Å². The van der Waals surface area contributed by atoms with Gasteiger partial charge in [0.1, 0.15) is 11.6 Å². The first kappa shape index (κ1) is 14.1. The molecule has 0 heterocycles. The summed E-state index contributed by atoms with van der Waals surface area (Å²) in [6, 6.07) is 7.35. The maximum atomic E-state index is 13.2. The lowest BCUT2D eigenvalue weighted by Crippen LogP contribution is -2.15. The Morgan fingerprint density at radius 2 is 1.90 bits per heavy atom. The van der Waals surface area contributed by atoms with Gasteiger partial charge in [0.15, 0.2) is 0 Å². The van der Waals surface area contributed by atoms with E-state index in [0.29, 0.717) is 5.56 Å². The molecule has 4 N–H and O–H groups in total. The minimum atomic E-state index is -3.95. The van der Waals surface area contributed by atoms with Crippen LogP contribution in [0.25, 0.3) is 0 Å². The Kier molecular flexibility index (Phi) is 3.54. The molecule has 20 heavy (non-hydrogen) atoms. The Labute approximate surface area is 115 Å². The van der Waals surface area contributed by atoms with Crippen LogP contribution in [0.1, 0.15) is 5.56 Å². The van der Waals surface area contributed by atoms with E-state index in [2.05, 4.69) is 4.72 Å². The summed E-state index contributed by atoms with van der Waals surface area (Å²) >= 11 is 0. The highest BCUT2D eigenvalue weighted by molar-refractivity contribution is 7.92. The summed E-state index contributed by atoms with van der Waals surface area (Å²) in [5.74, 6) is -0.720. The Morgan fingerprint density at radius 1 is 1.20 bits per heavy atom. The van der Waals surface area contributed by atoms with Gasteiger partial charge in [-0.25, -0.2) is 12.8 Å². The van der Waals surface area contributed by atoms with Gasteiger partial charge in [-0.15, -0.1) is 0 Å². The van der Waals surface area contributed by atoms with Gasteiger partial charge in [0.05, 0.1) is 16.3 Å². The number of nitrogen functional groups attached to an aromatic ring is 1. The first-order valence-electron chi connectivity index (χ1n) is 5.67. The summed E-state index contributed by atoms with van der Waals surface area (Å²) in [4.78, 5) is -0.162. The van der Waals surface area contributed by atoms with Gasteiger partial charge >= 0.3 is 0 Å². The van der Waals surface area contributed by atoms with E-state index in [1.54, 1.807) is 6.92 Å². The van der Waals surface area contributed by atoms with Crippen molar-refractivity contribution in [3.63, 3.8) is 0 Å². The largest absolute Gasteiger partial charge is 0.508 e. The molecule has 0 aliphatic rings. The van der Waals surface area contributed by atoms with Crippen molar-refractivity contribution < 1.29 is 17.9 Å². The van der Waals surface area contributed by atoms with Crippen LogP contribution in [-0.4, -0.2) is 13.5 Å². The van der Waals surface area contributed by atoms with Crippen LogP contribution in [0.3, 0.4) is 0 Å². The third-order valence-corrected chi connectivity index (χ3v) is 4.23. The highest BCUT2D eigenvalue weighted by Crippen LogP contribution is 2.27. The van der Waals surface area contributed by atoms with Crippen molar-refractivity contribution >= 4 is 21.4 Å². The first-order valence-corrected chi connectivity index (χ1v) is 7.15. The molecule has 0 bridgehead atoms. The molecule has 106 valence electrons. The van der Waals surface area contributed by atoms with E-state index in [4.69, 9.17) is 5.73 Å². The standard InChI is InChI=1S/C13H13FN2O3S/c1-8-2-3-9(14)6-13(8)20(18,19)16-12-5-4-10(17)7-11(12)15/h2-7,16-17H,15H2,1H3. The number of nitrogens with two attached hydrogens (primary N) is 1. The molecule has 7 heteroatoms. The Hall–Kier alpha value is -2.28. The van der Waals surface area contributed by atoms with Crippen molar-refractivity contribution in [2.75, 3.05) is 10.5 Å². The summed E-state index contributed by atoms with van der Waals surface area (Å²) in [6.45, 7) is 1.56. The SMILES string of the molecule is Cc1ccc(F)cc1S(=O)(=O)Nc1ccc(O)cc1N. The van der Waals surface area contributed by atoms with Crippen molar-refractivity contribution in [2.24, 2.45) is 0 Å². The minimum absolute atomic E-state index is 0.0719. The second kappa shape index (κ2) is 5.01. The van der Waals surface area contributed by atoms with Crippen LogP contribution in [-0.2, 0) is 10.0 Å². The first-order chi connectivity index (χ1) is 9.29. The molecule has 2 aromatic carbocycles. The summed E-state index contributed by atoms with van der Waals surface area (Å²) in [6.07, 6.45) is 0. The fourth-order valence-electron chi connectivity index (χ4n) is 1.71. The molecule has 0 amide bonds. The van der Waals surface area contributed by atoms with E-state index >= 15 is 0 Å². The third kappa shape index (κ3) is 2.83. The average molecular weight is 296 g/mol. The van der Waals surface area contributed by atoms with Crippen molar-refractivity contribution in [2.45, 2.75) is 11.8 Å². The lowest BCUT2D eigenvalue weighted by molar-refractivity contribution is 0.475. The van der Waals surface area contributed by atoms with Crippen molar-refractivity contribution in [1.29, 1.82) is 0 Å². The summed E-state index contributed by atoms with van der Waals surface area (Å²) in [7, 11) is -3.95. The number of rotatable bonds is 3.